The Morgan fingerprint density at radius 3 is 2.96 bits per heavy atom. The van der Waals surface area contributed by atoms with E-state index in [2.05, 4.69) is 20.4 Å². The molecule has 0 spiro atoms. The Morgan fingerprint density at radius 2 is 2.14 bits per heavy atom. The summed E-state index contributed by atoms with van der Waals surface area (Å²) in [5.41, 5.74) is 2.39. The lowest BCUT2D eigenvalue weighted by Crippen LogP contribution is -2.15. The molecular formula is C20H18N4O3S. The molecule has 3 aromatic rings. The highest BCUT2D eigenvalue weighted by molar-refractivity contribution is 7.17. The van der Waals surface area contributed by atoms with Crippen LogP contribution in [0.25, 0.3) is 11.5 Å². The molecule has 2 aliphatic carbocycles. The molecule has 0 bridgehead atoms. The van der Waals surface area contributed by atoms with Crippen LogP contribution in [0.15, 0.2) is 22.9 Å². The molecule has 1 N–H and O–H groups in total. The van der Waals surface area contributed by atoms with Gasteiger partial charge in [0, 0.05) is 22.6 Å². The number of hydrogen-bond acceptors (Lipinski definition) is 7. The zero-order valence-corrected chi connectivity index (χ0v) is 15.9. The number of amides is 1. The fourth-order valence-electron chi connectivity index (χ4n) is 3.59. The maximum absolute atomic E-state index is 12.8. The lowest BCUT2D eigenvalue weighted by Gasteiger charge is -2.11. The van der Waals surface area contributed by atoms with Crippen LogP contribution in [0.5, 0.6) is 0 Å². The molecule has 1 saturated carbocycles. The van der Waals surface area contributed by atoms with Crippen molar-refractivity contribution in [3.63, 3.8) is 0 Å². The number of pyridine rings is 1. The van der Waals surface area contributed by atoms with E-state index in [1.807, 2.05) is 0 Å². The normalized spacial score (nSPS) is 15.9. The fraction of sp³-hybridized carbons (Fsp3) is 0.350. The second kappa shape index (κ2) is 6.94. The van der Waals surface area contributed by atoms with Gasteiger partial charge in [-0.1, -0.05) is 5.16 Å². The summed E-state index contributed by atoms with van der Waals surface area (Å²) >= 11 is 1.55. The number of aromatic nitrogens is 3. The van der Waals surface area contributed by atoms with E-state index in [9.17, 15) is 9.59 Å². The van der Waals surface area contributed by atoms with Crippen LogP contribution in [0.4, 0.5) is 5.00 Å². The smallest absolute Gasteiger partial charge is 0.275 e. The van der Waals surface area contributed by atoms with Crippen LogP contribution in [0.1, 0.15) is 68.7 Å². The summed E-state index contributed by atoms with van der Waals surface area (Å²) in [7, 11) is 0. The van der Waals surface area contributed by atoms with E-state index in [0.29, 0.717) is 23.1 Å². The fourth-order valence-corrected chi connectivity index (χ4v) is 4.87. The average Bonchev–Trinajstić information content (AvgIpc) is 3.35. The quantitative estimate of drug-likeness (QED) is 0.657. The van der Waals surface area contributed by atoms with Crippen LogP contribution >= 0.6 is 11.3 Å². The number of fused-ring (bicyclic) bond motifs is 1. The lowest BCUT2D eigenvalue weighted by atomic mass is 9.95. The minimum Gasteiger partial charge on any atom is -0.334 e. The molecule has 1 amide bonds. The minimum atomic E-state index is -0.413. The summed E-state index contributed by atoms with van der Waals surface area (Å²) < 4.78 is 5.57. The first-order valence-electron chi connectivity index (χ1n) is 9.44. The van der Waals surface area contributed by atoms with E-state index in [0.717, 1.165) is 49.9 Å². The van der Waals surface area contributed by atoms with Crippen molar-refractivity contribution < 1.29 is 14.1 Å². The van der Waals surface area contributed by atoms with Gasteiger partial charge < -0.3 is 9.84 Å². The van der Waals surface area contributed by atoms with Gasteiger partial charge in [-0.2, -0.15) is 4.98 Å². The van der Waals surface area contributed by atoms with Gasteiger partial charge in [-0.15, -0.1) is 11.3 Å². The number of anilines is 1. The van der Waals surface area contributed by atoms with Crippen molar-refractivity contribution in [2.24, 2.45) is 0 Å². The van der Waals surface area contributed by atoms with Crippen molar-refractivity contribution in [1.29, 1.82) is 0 Å². The Labute approximate surface area is 165 Å². The molecule has 2 aliphatic rings. The van der Waals surface area contributed by atoms with Crippen molar-refractivity contribution in [2.45, 2.75) is 44.4 Å². The number of nitrogens with one attached hydrogen (secondary N) is 1. The van der Waals surface area contributed by atoms with Gasteiger partial charge in [0.15, 0.2) is 12.1 Å². The molecule has 5 rings (SSSR count). The molecule has 8 heteroatoms. The van der Waals surface area contributed by atoms with E-state index in [1.54, 1.807) is 23.5 Å². The molecule has 7 nitrogen and oxygen atoms in total. The van der Waals surface area contributed by atoms with E-state index in [1.165, 1.54) is 16.6 Å². The van der Waals surface area contributed by atoms with E-state index < -0.39 is 5.91 Å². The number of hydrogen-bond donors (Lipinski definition) is 1. The molecule has 0 saturated heterocycles. The van der Waals surface area contributed by atoms with Crippen LogP contribution < -0.4 is 5.32 Å². The number of aryl methyl sites for hydroxylation is 1. The highest BCUT2D eigenvalue weighted by Gasteiger charge is 2.32. The predicted octanol–water partition coefficient (Wildman–Crippen LogP) is 4.01. The molecule has 0 atom stereocenters. The summed E-state index contributed by atoms with van der Waals surface area (Å²) in [6.07, 6.45) is 8.48. The summed E-state index contributed by atoms with van der Waals surface area (Å²) in [6, 6.07) is 3.21. The molecule has 142 valence electrons. The minimum absolute atomic E-state index is 0.110. The number of thiophene rings is 1. The Kier molecular flexibility index (Phi) is 4.27. The van der Waals surface area contributed by atoms with Crippen molar-refractivity contribution in [2.75, 3.05) is 5.32 Å². The van der Waals surface area contributed by atoms with Crippen LogP contribution in [-0.2, 0) is 12.8 Å². The first-order chi connectivity index (χ1) is 13.7. The molecule has 0 aromatic carbocycles. The zero-order chi connectivity index (χ0) is 19.1. The lowest BCUT2D eigenvalue weighted by molar-refractivity contribution is 0.101. The van der Waals surface area contributed by atoms with E-state index in [4.69, 9.17) is 4.52 Å². The van der Waals surface area contributed by atoms with Gasteiger partial charge >= 0.3 is 0 Å². The number of rotatable bonds is 5. The Hall–Kier alpha value is -2.87. The molecule has 28 heavy (non-hydrogen) atoms. The highest BCUT2D eigenvalue weighted by atomic mass is 32.1. The third-order valence-electron chi connectivity index (χ3n) is 5.18. The maximum atomic E-state index is 12.8. The van der Waals surface area contributed by atoms with Crippen molar-refractivity contribution >= 4 is 28.5 Å². The summed E-state index contributed by atoms with van der Waals surface area (Å²) in [6.45, 7) is 0. The third kappa shape index (κ3) is 3.03. The second-order valence-electron chi connectivity index (χ2n) is 7.16. The van der Waals surface area contributed by atoms with Gasteiger partial charge in [-0.3, -0.25) is 14.6 Å². The standard InChI is InChI=1S/C20H18N4O3S/c25-10-12-4-3-9-21-16(12)18(26)23-20-15(13-5-1-2-6-14(13)28-20)19-22-17(24-27-19)11-7-8-11/h3-4,9-11H,1-2,5-8H2,(H,23,26). The first kappa shape index (κ1) is 17.2. The molecule has 0 aliphatic heterocycles. The Balaban J connectivity index is 1.54. The van der Waals surface area contributed by atoms with Crippen LogP contribution in [0, 0.1) is 0 Å². The van der Waals surface area contributed by atoms with Gasteiger partial charge in [-0.25, -0.2) is 0 Å². The summed E-state index contributed by atoms with van der Waals surface area (Å²) in [5, 5.41) is 7.76. The van der Waals surface area contributed by atoms with Crippen molar-refractivity contribution in [3.05, 3.63) is 45.9 Å². The summed E-state index contributed by atoms with van der Waals surface area (Å²) in [4.78, 5) is 34.0. The SMILES string of the molecule is O=Cc1cccnc1C(=O)Nc1sc2c(c1-c1nc(C3CC3)no1)CCCC2. The largest absolute Gasteiger partial charge is 0.334 e. The molecular weight excluding hydrogens is 376 g/mol. The monoisotopic (exact) mass is 394 g/mol. The van der Waals surface area contributed by atoms with Gasteiger partial charge in [0.25, 0.3) is 11.8 Å². The van der Waals surface area contributed by atoms with Crippen LogP contribution in [0.3, 0.4) is 0 Å². The number of aldehydes is 1. The molecule has 0 unspecified atom stereocenters. The van der Waals surface area contributed by atoms with Crippen LogP contribution in [-0.4, -0.2) is 27.3 Å². The second-order valence-corrected chi connectivity index (χ2v) is 8.27. The maximum Gasteiger partial charge on any atom is 0.275 e. The highest BCUT2D eigenvalue weighted by Crippen LogP contribution is 2.45. The number of nitrogens with zero attached hydrogens (tertiary/aromatic N) is 3. The number of carbonyl (C=O) groups is 2. The predicted molar refractivity (Wildman–Crippen MR) is 104 cm³/mol. The Bertz CT molecular complexity index is 1070. The van der Waals surface area contributed by atoms with E-state index in [-0.39, 0.29) is 11.3 Å². The average molecular weight is 394 g/mol. The zero-order valence-electron chi connectivity index (χ0n) is 15.1. The molecule has 3 heterocycles. The topological polar surface area (TPSA) is 98.0 Å². The van der Waals surface area contributed by atoms with Gasteiger partial charge in [0.05, 0.1) is 5.56 Å². The molecule has 0 radical (unpaired) electrons. The van der Waals surface area contributed by atoms with Crippen molar-refractivity contribution in [3.8, 4) is 11.5 Å². The van der Waals surface area contributed by atoms with Crippen molar-refractivity contribution in [1.82, 2.24) is 15.1 Å². The van der Waals surface area contributed by atoms with Gasteiger partial charge in [0.2, 0.25) is 0 Å². The third-order valence-corrected chi connectivity index (χ3v) is 6.38. The number of carbonyl (C=O) groups excluding carboxylic acids is 2. The summed E-state index contributed by atoms with van der Waals surface area (Å²) in [5.74, 6) is 1.20. The molecule has 3 aromatic heterocycles. The van der Waals surface area contributed by atoms with E-state index >= 15 is 0 Å². The first-order valence-corrected chi connectivity index (χ1v) is 10.3. The van der Waals surface area contributed by atoms with Gasteiger partial charge in [-0.05, 0) is 56.2 Å². The van der Waals surface area contributed by atoms with Crippen LogP contribution in [0.2, 0.25) is 0 Å². The Morgan fingerprint density at radius 1 is 1.29 bits per heavy atom. The van der Waals surface area contributed by atoms with Gasteiger partial charge in [0.1, 0.15) is 10.7 Å². The molecule has 1 fully saturated rings.